The van der Waals surface area contributed by atoms with Crippen LogP contribution in [0.1, 0.15) is 43.3 Å². The molecule has 0 aliphatic carbocycles. The fourth-order valence-electron chi connectivity index (χ4n) is 3.49. The number of benzene rings is 2. The molecule has 4 rings (SSSR count). The number of nitrogens with zero attached hydrogens (tertiary/aromatic N) is 2. The van der Waals surface area contributed by atoms with Crippen LogP contribution in [0.2, 0.25) is 0 Å². The minimum absolute atomic E-state index is 0.116. The molecule has 2 heterocycles. The van der Waals surface area contributed by atoms with Crippen LogP contribution in [0.4, 0.5) is 13.2 Å². The number of aromatic nitrogens is 2. The molecule has 0 amide bonds. The Balaban J connectivity index is 2.09. The van der Waals surface area contributed by atoms with E-state index in [0.717, 1.165) is 23.0 Å². The van der Waals surface area contributed by atoms with Crippen molar-refractivity contribution in [1.82, 2.24) is 9.55 Å². The first-order chi connectivity index (χ1) is 13.0. The first kappa shape index (κ1) is 18.6. The summed E-state index contributed by atoms with van der Waals surface area (Å²) in [6.45, 7) is 10.1. The number of hydrogen-bond donors (Lipinski definition) is 0. The van der Waals surface area contributed by atoms with Gasteiger partial charge < -0.3 is 4.74 Å². The molecular weight excluding hydrogens is 365 g/mol. The highest BCUT2D eigenvalue weighted by Gasteiger charge is 2.38. The Bertz CT molecular complexity index is 1090. The number of alkyl halides is 3. The molecule has 28 heavy (non-hydrogen) atoms. The number of fused-ring (bicyclic) bond motifs is 5. The molecule has 1 aliphatic rings. The SMILES string of the molecule is Cc1nc2n(c1C)-c1cc(C(C)(C)C)ccc1Oc1c-2cccc1C(F)(F)F. The van der Waals surface area contributed by atoms with Gasteiger partial charge in [-0.1, -0.05) is 32.9 Å². The van der Waals surface area contributed by atoms with E-state index in [9.17, 15) is 13.2 Å². The zero-order valence-corrected chi connectivity index (χ0v) is 16.4. The molecule has 0 spiro atoms. The lowest BCUT2D eigenvalue weighted by molar-refractivity contribution is -0.138. The maximum Gasteiger partial charge on any atom is 0.420 e. The van der Waals surface area contributed by atoms with E-state index in [1.54, 1.807) is 12.1 Å². The fourth-order valence-corrected chi connectivity index (χ4v) is 3.49. The number of halogens is 3. The second-order valence-corrected chi connectivity index (χ2v) is 8.16. The van der Waals surface area contributed by atoms with E-state index < -0.39 is 11.7 Å². The molecule has 0 radical (unpaired) electrons. The number of rotatable bonds is 0. The van der Waals surface area contributed by atoms with Crippen molar-refractivity contribution in [2.75, 3.05) is 0 Å². The first-order valence-electron chi connectivity index (χ1n) is 9.08. The summed E-state index contributed by atoms with van der Waals surface area (Å²) in [6.07, 6.45) is -4.53. The number of aryl methyl sites for hydroxylation is 1. The minimum Gasteiger partial charge on any atom is -0.454 e. The number of ether oxygens (including phenoxy) is 1. The minimum atomic E-state index is -4.53. The van der Waals surface area contributed by atoms with E-state index in [1.807, 2.05) is 30.5 Å². The summed E-state index contributed by atoms with van der Waals surface area (Å²) < 4.78 is 48.8. The van der Waals surface area contributed by atoms with E-state index in [1.165, 1.54) is 6.07 Å². The maximum absolute atomic E-state index is 13.7. The van der Waals surface area contributed by atoms with Crippen molar-refractivity contribution in [2.45, 2.75) is 46.2 Å². The smallest absolute Gasteiger partial charge is 0.420 e. The average Bonchev–Trinajstić information content (AvgIpc) is 2.80. The molecule has 3 aromatic rings. The topological polar surface area (TPSA) is 27.1 Å². The van der Waals surface area contributed by atoms with Gasteiger partial charge in [0.2, 0.25) is 0 Å². The van der Waals surface area contributed by atoms with Gasteiger partial charge in [0.15, 0.2) is 11.5 Å². The predicted molar refractivity (Wildman–Crippen MR) is 102 cm³/mol. The van der Waals surface area contributed by atoms with Gasteiger partial charge in [0, 0.05) is 5.69 Å². The summed E-state index contributed by atoms with van der Waals surface area (Å²) >= 11 is 0. The van der Waals surface area contributed by atoms with Gasteiger partial charge in [0.05, 0.1) is 22.5 Å². The molecule has 2 aromatic carbocycles. The lowest BCUT2D eigenvalue weighted by Gasteiger charge is -2.22. The number of hydrogen-bond acceptors (Lipinski definition) is 2. The Morgan fingerprint density at radius 3 is 2.36 bits per heavy atom. The van der Waals surface area contributed by atoms with E-state index in [2.05, 4.69) is 25.8 Å². The van der Waals surface area contributed by atoms with Crippen LogP contribution in [0.3, 0.4) is 0 Å². The summed E-state index contributed by atoms with van der Waals surface area (Å²) in [5.74, 6) is 0.634. The van der Waals surface area contributed by atoms with Gasteiger partial charge in [-0.2, -0.15) is 13.2 Å². The standard InChI is InChI=1S/C22H21F3N2O/c1-12-13(2)27-17-11-14(21(3,4)5)9-10-18(17)28-19-15(20(27)26-12)7-6-8-16(19)22(23,24)25/h6-11H,1-5H3. The summed E-state index contributed by atoms with van der Waals surface area (Å²) in [5, 5.41) is 0. The Morgan fingerprint density at radius 2 is 1.71 bits per heavy atom. The van der Waals surface area contributed by atoms with Crippen molar-refractivity contribution in [2.24, 2.45) is 0 Å². The lowest BCUT2D eigenvalue weighted by atomic mass is 9.86. The molecule has 0 N–H and O–H groups in total. The van der Waals surface area contributed by atoms with Gasteiger partial charge in [-0.15, -0.1) is 0 Å². The molecule has 0 fully saturated rings. The largest absolute Gasteiger partial charge is 0.454 e. The van der Waals surface area contributed by atoms with E-state index in [0.29, 0.717) is 22.8 Å². The van der Waals surface area contributed by atoms with Crippen molar-refractivity contribution >= 4 is 0 Å². The van der Waals surface area contributed by atoms with Gasteiger partial charge in [0.1, 0.15) is 5.82 Å². The molecule has 1 aromatic heterocycles. The van der Waals surface area contributed by atoms with Crippen LogP contribution in [-0.2, 0) is 11.6 Å². The predicted octanol–water partition coefficient (Wildman–Crippen LogP) is 6.58. The van der Waals surface area contributed by atoms with Gasteiger partial charge in [-0.25, -0.2) is 4.98 Å². The fraction of sp³-hybridized carbons (Fsp3) is 0.318. The van der Waals surface area contributed by atoms with Crippen LogP contribution < -0.4 is 4.74 Å². The third-order valence-corrected chi connectivity index (χ3v) is 5.18. The molecule has 0 saturated carbocycles. The summed E-state index contributed by atoms with van der Waals surface area (Å²) in [6, 6.07) is 9.69. The van der Waals surface area contributed by atoms with Crippen LogP contribution in [-0.4, -0.2) is 9.55 Å². The summed E-state index contributed by atoms with van der Waals surface area (Å²) in [4.78, 5) is 4.58. The quantitative estimate of drug-likeness (QED) is 0.341. The van der Waals surface area contributed by atoms with E-state index >= 15 is 0 Å². The van der Waals surface area contributed by atoms with Gasteiger partial charge >= 0.3 is 6.18 Å². The van der Waals surface area contributed by atoms with E-state index in [4.69, 9.17) is 4.74 Å². The molecule has 0 atom stereocenters. The zero-order valence-electron chi connectivity index (χ0n) is 16.4. The lowest BCUT2D eigenvalue weighted by Crippen LogP contribution is -2.12. The highest BCUT2D eigenvalue weighted by Crippen LogP contribution is 2.48. The Morgan fingerprint density at radius 1 is 1.00 bits per heavy atom. The summed E-state index contributed by atoms with van der Waals surface area (Å²) in [7, 11) is 0. The van der Waals surface area contributed by atoms with Crippen molar-refractivity contribution in [3.63, 3.8) is 0 Å². The van der Waals surface area contributed by atoms with Crippen molar-refractivity contribution in [3.05, 3.63) is 58.9 Å². The highest BCUT2D eigenvalue weighted by atomic mass is 19.4. The second-order valence-electron chi connectivity index (χ2n) is 8.16. The van der Waals surface area contributed by atoms with Crippen LogP contribution >= 0.6 is 0 Å². The van der Waals surface area contributed by atoms with Crippen LogP contribution in [0.5, 0.6) is 11.5 Å². The maximum atomic E-state index is 13.7. The molecule has 1 aliphatic heterocycles. The molecular formula is C22H21F3N2O. The van der Waals surface area contributed by atoms with E-state index in [-0.39, 0.29) is 11.2 Å². The molecule has 6 heteroatoms. The Labute approximate surface area is 161 Å². The molecule has 0 unspecified atom stereocenters. The normalized spacial score (nSPS) is 13.3. The van der Waals surface area contributed by atoms with Gasteiger partial charge in [0.25, 0.3) is 0 Å². The first-order valence-corrected chi connectivity index (χ1v) is 9.08. The van der Waals surface area contributed by atoms with Crippen LogP contribution in [0.25, 0.3) is 17.1 Å². The van der Waals surface area contributed by atoms with Crippen LogP contribution in [0.15, 0.2) is 36.4 Å². The Kier molecular flexibility index (Phi) is 3.90. The molecule has 0 bridgehead atoms. The van der Waals surface area contributed by atoms with Crippen molar-refractivity contribution in [1.29, 1.82) is 0 Å². The van der Waals surface area contributed by atoms with Crippen molar-refractivity contribution < 1.29 is 17.9 Å². The molecule has 146 valence electrons. The summed E-state index contributed by atoms with van der Waals surface area (Å²) in [5.41, 5.74) is 2.82. The van der Waals surface area contributed by atoms with Gasteiger partial charge in [-0.3, -0.25) is 4.57 Å². The number of imidazole rings is 1. The Hall–Kier alpha value is -2.76. The second kappa shape index (κ2) is 5.87. The van der Waals surface area contributed by atoms with Gasteiger partial charge in [-0.05, 0) is 49.1 Å². The van der Waals surface area contributed by atoms with Crippen molar-refractivity contribution in [3.8, 4) is 28.6 Å². The third kappa shape index (κ3) is 2.79. The molecule has 3 nitrogen and oxygen atoms in total. The molecule has 0 saturated heterocycles. The average molecular weight is 386 g/mol. The third-order valence-electron chi connectivity index (χ3n) is 5.18. The zero-order chi connectivity index (χ0) is 20.4. The highest BCUT2D eigenvalue weighted by molar-refractivity contribution is 5.74. The monoisotopic (exact) mass is 386 g/mol. The number of para-hydroxylation sites is 1. The van der Waals surface area contributed by atoms with Crippen LogP contribution in [0, 0.1) is 13.8 Å².